The summed E-state index contributed by atoms with van der Waals surface area (Å²) >= 11 is 0. The van der Waals surface area contributed by atoms with Gasteiger partial charge in [-0.3, -0.25) is 4.79 Å². The van der Waals surface area contributed by atoms with E-state index in [1.165, 1.54) is 13.2 Å². The number of ether oxygens (including phenoxy) is 1. The van der Waals surface area contributed by atoms with E-state index in [0.29, 0.717) is 22.7 Å². The molecule has 20 heavy (non-hydrogen) atoms. The molecule has 0 saturated carbocycles. The summed E-state index contributed by atoms with van der Waals surface area (Å²) in [5, 5.41) is 12.4. The van der Waals surface area contributed by atoms with Crippen LogP contribution >= 0.6 is 0 Å². The molecule has 0 saturated heterocycles. The number of methoxy groups -OCH3 is 1. The van der Waals surface area contributed by atoms with Crippen molar-refractivity contribution in [3.8, 4) is 11.5 Å². The second-order valence-corrected chi connectivity index (χ2v) is 4.43. The molecular weight excluding hydrogens is 256 g/mol. The normalized spacial score (nSPS) is 10.1. The molecule has 2 rings (SSSR count). The summed E-state index contributed by atoms with van der Waals surface area (Å²) in [4.78, 5) is 12.2. The van der Waals surface area contributed by atoms with Gasteiger partial charge in [-0.2, -0.15) is 0 Å². The van der Waals surface area contributed by atoms with E-state index in [1.54, 1.807) is 24.3 Å². The first-order chi connectivity index (χ1) is 9.51. The first kappa shape index (κ1) is 13.7. The summed E-state index contributed by atoms with van der Waals surface area (Å²) in [6.45, 7) is 1.88. The van der Waals surface area contributed by atoms with Crippen molar-refractivity contribution in [2.75, 3.05) is 18.2 Å². The number of rotatable bonds is 3. The van der Waals surface area contributed by atoms with Gasteiger partial charge >= 0.3 is 0 Å². The van der Waals surface area contributed by atoms with E-state index in [0.717, 1.165) is 5.56 Å². The molecule has 0 aliphatic carbocycles. The molecule has 1 amide bonds. The molecule has 0 bridgehead atoms. The Labute approximate surface area is 117 Å². The monoisotopic (exact) mass is 272 g/mol. The number of carbonyl (C=O) groups excluding carboxylic acids is 1. The third kappa shape index (κ3) is 2.83. The van der Waals surface area contributed by atoms with E-state index >= 15 is 0 Å². The standard InChI is InChI=1S/C15H16N2O3/c1-9-3-5-12(16)11(7-9)15(19)17-13-6-4-10(20-2)8-14(13)18/h3-8,18H,16H2,1-2H3,(H,17,19). The number of phenolic OH excluding ortho intramolecular Hbond substituents is 1. The number of hydrogen-bond acceptors (Lipinski definition) is 4. The second kappa shape index (κ2) is 5.52. The van der Waals surface area contributed by atoms with Gasteiger partial charge in [0.25, 0.3) is 5.91 Å². The van der Waals surface area contributed by atoms with Gasteiger partial charge in [-0.05, 0) is 31.2 Å². The average molecular weight is 272 g/mol. The van der Waals surface area contributed by atoms with E-state index in [-0.39, 0.29) is 11.7 Å². The Morgan fingerprint density at radius 1 is 1.25 bits per heavy atom. The fourth-order valence-corrected chi connectivity index (χ4v) is 1.80. The molecule has 0 aliphatic rings. The Balaban J connectivity index is 2.25. The number of amides is 1. The number of nitrogens with one attached hydrogen (secondary N) is 1. The van der Waals surface area contributed by atoms with Crippen molar-refractivity contribution in [3.63, 3.8) is 0 Å². The zero-order valence-corrected chi connectivity index (χ0v) is 11.3. The molecule has 5 heteroatoms. The average Bonchev–Trinajstić information content (AvgIpc) is 2.43. The molecule has 0 spiro atoms. The summed E-state index contributed by atoms with van der Waals surface area (Å²) in [6.07, 6.45) is 0. The van der Waals surface area contributed by atoms with Crippen LogP contribution in [-0.2, 0) is 0 Å². The summed E-state index contributed by atoms with van der Waals surface area (Å²) in [5.74, 6) is 0.0751. The lowest BCUT2D eigenvalue weighted by Crippen LogP contribution is -2.14. The van der Waals surface area contributed by atoms with Crippen LogP contribution in [0.3, 0.4) is 0 Å². The first-order valence-corrected chi connectivity index (χ1v) is 6.05. The van der Waals surface area contributed by atoms with Crippen molar-refractivity contribution in [2.45, 2.75) is 6.92 Å². The van der Waals surface area contributed by atoms with Gasteiger partial charge in [0.05, 0.1) is 18.4 Å². The molecule has 2 aromatic carbocycles. The van der Waals surface area contributed by atoms with Crippen molar-refractivity contribution in [2.24, 2.45) is 0 Å². The van der Waals surface area contributed by atoms with Crippen molar-refractivity contribution in [1.29, 1.82) is 0 Å². The van der Waals surface area contributed by atoms with E-state index in [1.807, 2.05) is 13.0 Å². The Morgan fingerprint density at radius 2 is 2.00 bits per heavy atom. The summed E-state index contributed by atoms with van der Waals surface area (Å²) in [5.41, 5.74) is 7.79. The lowest BCUT2D eigenvalue weighted by atomic mass is 10.1. The van der Waals surface area contributed by atoms with Crippen LogP contribution in [0.1, 0.15) is 15.9 Å². The SMILES string of the molecule is COc1ccc(NC(=O)c2cc(C)ccc2N)c(O)c1. The minimum Gasteiger partial charge on any atom is -0.506 e. The van der Waals surface area contributed by atoms with Gasteiger partial charge < -0.3 is 20.9 Å². The molecule has 0 heterocycles. The van der Waals surface area contributed by atoms with Gasteiger partial charge in [0.1, 0.15) is 11.5 Å². The quantitative estimate of drug-likeness (QED) is 0.592. The summed E-state index contributed by atoms with van der Waals surface area (Å²) in [7, 11) is 1.50. The van der Waals surface area contributed by atoms with Gasteiger partial charge in [-0.1, -0.05) is 11.6 Å². The second-order valence-electron chi connectivity index (χ2n) is 4.43. The van der Waals surface area contributed by atoms with Crippen LogP contribution in [-0.4, -0.2) is 18.1 Å². The molecule has 0 aliphatic heterocycles. The van der Waals surface area contributed by atoms with Crippen LogP contribution in [0, 0.1) is 6.92 Å². The number of benzene rings is 2. The number of nitrogens with two attached hydrogens (primary N) is 1. The van der Waals surface area contributed by atoms with Crippen LogP contribution in [0.2, 0.25) is 0 Å². The van der Waals surface area contributed by atoms with Crippen molar-refractivity contribution >= 4 is 17.3 Å². The topological polar surface area (TPSA) is 84.6 Å². The smallest absolute Gasteiger partial charge is 0.257 e. The Hall–Kier alpha value is -2.69. The lowest BCUT2D eigenvalue weighted by Gasteiger charge is -2.10. The molecule has 0 aromatic heterocycles. The highest BCUT2D eigenvalue weighted by molar-refractivity contribution is 6.08. The Bertz CT molecular complexity index is 654. The van der Waals surface area contributed by atoms with E-state index < -0.39 is 0 Å². The molecule has 0 atom stereocenters. The zero-order valence-electron chi connectivity index (χ0n) is 11.3. The number of nitrogen functional groups attached to an aromatic ring is 1. The highest BCUT2D eigenvalue weighted by Crippen LogP contribution is 2.28. The van der Waals surface area contributed by atoms with E-state index in [9.17, 15) is 9.90 Å². The minimum atomic E-state index is -0.369. The number of aryl methyl sites for hydroxylation is 1. The number of phenols is 1. The molecule has 0 fully saturated rings. The van der Waals surface area contributed by atoms with Crippen LogP contribution < -0.4 is 15.8 Å². The maximum Gasteiger partial charge on any atom is 0.257 e. The van der Waals surface area contributed by atoms with Gasteiger partial charge in [0.2, 0.25) is 0 Å². The van der Waals surface area contributed by atoms with Crippen molar-refractivity contribution in [1.82, 2.24) is 0 Å². The zero-order chi connectivity index (χ0) is 14.7. The largest absolute Gasteiger partial charge is 0.506 e. The Morgan fingerprint density at radius 3 is 2.65 bits per heavy atom. The maximum atomic E-state index is 12.2. The maximum absolute atomic E-state index is 12.2. The summed E-state index contributed by atoms with van der Waals surface area (Å²) in [6, 6.07) is 9.85. The minimum absolute atomic E-state index is 0.0658. The predicted octanol–water partition coefficient (Wildman–Crippen LogP) is 2.54. The fraction of sp³-hybridized carbons (Fsp3) is 0.133. The summed E-state index contributed by atoms with van der Waals surface area (Å²) < 4.78 is 4.98. The van der Waals surface area contributed by atoms with Crippen LogP contribution in [0.4, 0.5) is 11.4 Å². The van der Waals surface area contributed by atoms with Gasteiger partial charge in [-0.25, -0.2) is 0 Å². The first-order valence-electron chi connectivity index (χ1n) is 6.05. The van der Waals surface area contributed by atoms with Crippen LogP contribution in [0.5, 0.6) is 11.5 Å². The van der Waals surface area contributed by atoms with Gasteiger partial charge in [0.15, 0.2) is 0 Å². The van der Waals surface area contributed by atoms with Gasteiger partial charge in [0, 0.05) is 11.8 Å². The molecule has 4 N–H and O–H groups in total. The third-order valence-corrected chi connectivity index (χ3v) is 2.91. The molecule has 5 nitrogen and oxygen atoms in total. The van der Waals surface area contributed by atoms with Crippen LogP contribution in [0.25, 0.3) is 0 Å². The third-order valence-electron chi connectivity index (χ3n) is 2.91. The molecule has 0 radical (unpaired) electrons. The number of anilines is 2. The van der Waals surface area contributed by atoms with E-state index in [2.05, 4.69) is 5.32 Å². The van der Waals surface area contributed by atoms with Crippen molar-refractivity contribution < 1.29 is 14.6 Å². The fourth-order valence-electron chi connectivity index (χ4n) is 1.80. The molecule has 2 aromatic rings. The number of carbonyl (C=O) groups is 1. The number of aromatic hydroxyl groups is 1. The predicted molar refractivity (Wildman–Crippen MR) is 78.2 cm³/mol. The van der Waals surface area contributed by atoms with Gasteiger partial charge in [-0.15, -0.1) is 0 Å². The van der Waals surface area contributed by atoms with Crippen LogP contribution in [0.15, 0.2) is 36.4 Å². The Kier molecular flexibility index (Phi) is 3.79. The lowest BCUT2D eigenvalue weighted by molar-refractivity contribution is 0.102. The van der Waals surface area contributed by atoms with Crippen molar-refractivity contribution in [3.05, 3.63) is 47.5 Å². The highest BCUT2D eigenvalue weighted by Gasteiger charge is 2.12. The highest BCUT2D eigenvalue weighted by atomic mass is 16.5. The number of hydrogen-bond donors (Lipinski definition) is 3. The molecule has 0 unspecified atom stereocenters. The molecular formula is C15H16N2O3. The van der Waals surface area contributed by atoms with E-state index in [4.69, 9.17) is 10.5 Å². The molecule has 104 valence electrons.